The molecule has 0 spiro atoms. The van der Waals surface area contributed by atoms with Crippen molar-refractivity contribution in [3.8, 4) is 0 Å². The highest BCUT2D eigenvalue weighted by molar-refractivity contribution is 5.75. The Kier molecular flexibility index (Phi) is 4.24. The molecule has 1 aliphatic rings. The Labute approximate surface area is 113 Å². The average molecular weight is 265 g/mol. The molecule has 0 aliphatic heterocycles. The van der Waals surface area contributed by atoms with E-state index in [2.05, 4.69) is 5.10 Å². The summed E-state index contributed by atoms with van der Waals surface area (Å²) in [5, 5.41) is 13.9. The van der Waals surface area contributed by atoms with Crippen molar-refractivity contribution in [2.75, 3.05) is 6.54 Å². The van der Waals surface area contributed by atoms with Crippen LogP contribution in [0.4, 0.5) is 0 Å². The van der Waals surface area contributed by atoms with Gasteiger partial charge in [0.1, 0.15) is 0 Å². The van der Waals surface area contributed by atoms with Crippen molar-refractivity contribution in [3.63, 3.8) is 0 Å². The summed E-state index contributed by atoms with van der Waals surface area (Å²) in [7, 11) is 0. The third-order valence-corrected chi connectivity index (χ3v) is 4.40. The van der Waals surface area contributed by atoms with E-state index < -0.39 is 11.4 Å². The molecular formula is C14H23N3O2. The van der Waals surface area contributed by atoms with Gasteiger partial charge in [-0.05, 0) is 25.3 Å². The van der Waals surface area contributed by atoms with Gasteiger partial charge in [-0.3, -0.25) is 9.48 Å². The van der Waals surface area contributed by atoms with Crippen LogP contribution >= 0.6 is 0 Å². The van der Waals surface area contributed by atoms with Crippen LogP contribution in [0.25, 0.3) is 0 Å². The monoisotopic (exact) mass is 265 g/mol. The smallest absolute Gasteiger partial charge is 0.311 e. The molecule has 5 heteroatoms. The average Bonchev–Trinajstić information content (AvgIpc) is 3.06. The van der Waals surface area contributed by atoms with Gasteiger partial charge in [-0.1, -0.05) is 19.8 Å². The third kappa shape index (κ3) is 2.81. The van der Waals surface area contributed by atoms with E-state index in [1.54, 1.807) is 0 Å². The van der Waals surface area contributed by atoms with Crippen LogP contribution in [0.2, 0.25) is 0 Å². The Morgan fingerprint density at radius 3 is 2.79 bits per heavy atom. The number of nitrogens with zero attached hydrogens (tertiary/aromatic N) is 2. The fourth-order valence-electron chi connectivity index (χ4n) is 2.85. The molecule has 1 aromatic rings. The molecule has 19 heavy (non-hydrogen) atoms. The summed E-state index contributed by atoms with van der Waals surface area (Å²) < 4.78 is 2.00. The molecule has 0 bridgehead atoms. The number of carbonyl (C=O) groups is 1. The van der Waals surface area contributed by atoms with Gasteiger partial charge in [0.25, 0.3) is 0 Å². The zero-order valence-electron chi connectivity index (χ0n) is 11.5. The molecule has 0 radical (unpaired) electrons. The van der Waals surface area contributed by atoms with Gasteiger partial charge < -0.3 is 10.8 Å². The van der Waals surface area contributed by atoms with Crippen LogP contribution in [0, 0.1) is 5.41 Å². The maximum Gasteiger partial charge on any atom is 0.311 e. The highest BCUT2D eigenvalue weighted by atomic mass is 16.4. The third-order valence-electron chi connectivity index (χ3n) is 4.40. The summed E-state index contributed by atoms with van der Waals surface area (Å²) in [6, 6.07) is 2.42. The van der Waals surface area contributed by atoms with E-state index in [4.69, 9.17) is 5.73 Å². The van der Waals surface area contributed by atoms with Gasteiger partial charge in [0.05, 0.1) is 17.2 Å². The number of carboxylic acids is 1. The van der Waals surface area contributed by atoms with E-state index in [1.807, 2.05) is 23.9 Å². The highest BCUT2D eigenvalue weighted by Gasteiger charge is 2.36. The lowest BCUT2D eigenvalue weighted by Gasteiger charge is -2.25. The number of nitrogens with two attached hydrogens (primary N) is 1. The second kappa shape index (κ2) is 5.74. The minimum absolute atomic E-state index is 0.148. The Hall–Kier alpha value is -1.36. The predicted molar refractivity (Wildman–Crippen MR) is 72.9 cm³/mol. The first-order valence-corrected chi connectivity index (χ1v) is 7.09. The molecule has 0 saturated heterocycles. The lowest BCUT2D eigenvalue weighted by Crippen LogP contribution is -2.40. The first-order chi connectivity index (χ1) is 9.11. The fourth-order valence-corrected chi connectivity index (χ4v) is 2.85. The van der Waals surface area contributed by atoms with E-state index in [0.29, 0.717) is 18.9 Å². The van der Waals surface area contributed by atoms with Crippen molar-refractivity contribution in [1.82, 2.24) is 9.78 Å². The van der Waals surface area contributed by atoms with E-state index in [9.17, 15) is 9.90 Å². The zero-order valence-corrected chi connectivity index (χ0v) is 11.5. The van der Waals surface area contributed by atoms with Crippen LogP contribution in [0.5, 0.6) is 0 Å². The number of aliphatic carboxylic acids is 1. The van der Waals surface area contributed by atoms with Gasteiger partial charge >= 0.3 is 5.97 Å². The van der Waals surface area contributed by atoms with Gasteiger partial charge in [-0.2, -0.15) is 5.10 Å². The SMILES string of the molecule is CCC(CN)(Cc1ccn(C2CCCC2)n1)C(=O)O. The van der Waals surface area contributed by atoms with Crippen LogP contribution < -0.4 is 5.73 Å². The maximum absolute atomic E-state index is 11.4. The van der Waals surface area contributed by atoms with Crippen molar-refractivity contribution in [3.05, 3.63) is 18.0 Å². The molecule has 1 aliphatic carbocycles. The molecule has 1 heterocycles. The molecule has 0 aromatic carbocycles. The Bertz CT molecular complexity index is 432. The summed E-state index contributed by atoms with van der Waals surface area (Å²) >= 11 is 0. The quantitative estimate of drug-likeness (QED) is 0.824. The first-order valence-electron chi connectivity index (χ1n) is 7.09. The fraction of sp³-hybridized carbons (Fsp3) is 0.714. The minimum Gasteiger partial charge on any atom is -0.481 e. The Balaban J connectivity index is 2.11. The van der Waals surface area contributed by atoms with Gasteiger partial charge in [0.2, 0.25) is 0 Å². The molecule has 1 fully saturated rings. The molecule has 1 aromatic heterocycles. The second-order valence-corrected chi connectivity index (χ2v) is 5.55. The van der Waals surface area contributed by atoms with E-state index in [1.165, 1.54) is 25.7 Å². The topological polar surface area (TPSA) is 81.1 Å². The number of hydrogen-bond donors (Lipinski definition) is 2. The molecule has 1 atom stereocenters. The number of rotatable bonds is 6. The Morgan fingerprint density at radius 1 is 1.58 bits per heavy atom. The van der Waals surface area contributed by atoms with Gasteiger partial charge in [-0.15, -0.1) is 0 Å². The maximum atomic E-state index is 11.4. The van der Waals surface area contributed by atoms with Gasteiger partial charge in [0, 0.05) is 19.2 Å². The zero-order chi connectivity index (χ0) is 13.9. The summed E-state index contributed by atoms with van der Waals surface area (Å²) in [5.74, 6) is -0.826. The van der Waals surface area contributed by atoms with E-state index in [-0.39, 0.29) is 6.54 Å². The van der Waals surface area contributed by atoms with E-state index >= 15 is 0 Å². The molecular weight excluding hydrogens is 242 g/mol. The standard InChI is InChI=1S/C14H23N3O2/c1-2-14(10-15,13(18)19)9-11-7-8-17(16-11)12-5-3-4-6-12/h7-8,12H,2-6,9-10,15H2,1H3,(H,18,19). The summed E-state index contributed by atoms with van der Waals surface area (Å²) in [6.45, 7) is 2.02. The molecule has 106 valence electrons. The van der Waals surface area contributed by atoms with E-state index in [0.717, 1.165) is 5.69 Å². The molecule has 5 nitrogen and oxygen atoms in total. The molecule has 1 saturated carbocycles. The van der Waals surface area contributed by atoms with Crippen LogP contribution in [0.15, 0.2) is 12.3 Å². The van der Waals surface area contributed by atoms with Gasteiger partial charge in [0.15, 0.2) is 0 Å². The highest BCUT2D eigenvalue weighted by Crippen LogP contribution is 2.30. The largest absolute Gasteiger partial charge is 0.481 e. The van der Waals surface area contributed by atoms with Crippen molar-refractivity contribution >= 4 is 5.97 Å². The summed E-state index contributed by atoms with van der Waals surface area (Å²) in [5.41, 5.74) is 5.64. The predicted octanol–water partition coefficient (Wildman–Crippen LogP) is 1.98. The molecule has 3 N–H and O–H groups in total. The normalized spacial score (nSPS) is 19.5. The van der Waals surface area contributed by atoms with Crippen LogP contribution in [0.1, 0.15) is 50.8 Å². The van der Waals surface area contributed by atoms with Crippen LogP contribution in [-0.2, 0) is 11.2 Å². The van der Waals surface area contributed by atoms with Crippen molar-refractivity contribution in [2.24, 2.45) is 11.1 Å². The number of carboxylic acid groups (broad SMARTS) is 1. The summed E-state index contributed by atoms with van der Waals surface area (Å²) in [4.78, 5) is 11.4. The van der Waals surface area contributed by atoms with Crippen LogP contribution in [0.3, 0.4) is 0 Å². The lowest BCUT2D eigenvalue weighted by atomic mass is 9.81. The van der Waals surface area contributed by atoms with Crippen molar-refractivity contribution in [1.29, 1.82) is 0 Å². The van der Waals surface area contributed by atoms with Crippen LogP contribution in [-0.4, -0.2) is 27.4 Å². The van der Waals surface area contributed by atoms with Crippen molar-refractivity contribution < 1.29 is 9.90 Å². The number of hydrogen-bond acceptors (Lipinski definition) is 3. The second-order valence-electron chi connectivity index (χ2n) is 5.55. The molecule has 2 rings (SSSR count). The Morgan fingerprint density at radius 2 is 2.26 bits per heavy atom. The first kappa shape index (κ1) is 14.1. The molecule has 1 unspecified atom stereocenters. The number of aromatic nitrogens is 2. The lowest BCUT2D eigenvalue weighted by molar-refractivity contribution is -0.148. The summed E-state index contributed by atoms with van der Waals surface area (Å²) in [6.07, 6.45) is 7.79. The van der Waals surface area contributed by atoms with Gasteiger partial charge in [-0.25, -0.2) is 0 Å². The minimum atomic E-state index is -0.880. The van der Waals surface area contributed by atoms with Crippen molar-refractivity contribution in [2.45, 2.75) is 51.5 Å². The molecule has 0 amide bonds.